The number of rotatable bonds is 6. The molecule has 2 aromatic carbocycles. The van der Waals surface area contributed by atoms with Gasteiger partial charge in [0.1, 0.15) is 34.8 Å². The molecule has 0 saturated carbocycles. The number of nitrogens with zero attached hydrogens (tertiary/aromatic N) is 3. The molecular weight excluding hydrogens is 426 g/mol. The number of alkyl halides is 1. The van der Waals surface area contributed by atoms with E-state index in [1.807, 2.05) is 0 Å². The van der Waals surface area contributed by atoms with Crippen LogP contribution in [0, 0.1) is 5.82 Å². The second kappa shape index (κ2) is 8.00. The summed E-state index contributed by atoms with van der Waals surface area (Å²) in [5.41, 5.74) is 2.75. The topological polar surface area (TPSA) is 127 Å². The van der Waals surface area contributed by atoms with Crippen molar-refractivity contribution in [2.45, 2.75) is 18.3 Å². The van der Waals surface area contributed by atoms with Gasteiger partial charge in [0.25, 0.3) is 0 Å². The van der Waals surface area contributed by atoms with Crippen LogP contribution in [0.1, 0.15) is 17.7 Å². The van der Waals surface area contributed by atoms with Gasteiger partial charge in [-0.3, -0.25) is 0 Å². The molecule has 2 atom stereocenters. The van der Waals surface area contributed by atoms with Crippen LogP contribution >= 0.6 is 0 Å². The van der Waals surface area contributed by atoms with E-state index in [0.29, 0.717) is 28.1 Å². The predicted octanol–water partition coefficient (Wildman–Crippen LogP) is 3.59. The van der Waals surface area contributed by atoms with Crippen LogP contribution in [0.4, 0.5) is 20.2 Å². The fourth-order valence-electron chi connectivity index (χ4n) is 3.44. The van der Waals surface area contributed by atoms with E-state index in [4.69, 9.17) is 5.14 Å². The number of nitrogens with one attached hydrogen (secondary N) is 2. The molecule has 31 heavy (non-hydrogen) atoms. The molecule has 0 saturated heterocycles. The Hall–Kier alpha value is -3.44. The number of aromatic amines is 1. The van der Waals surface area contributed by atoms with Crippen LogP contribution in [0.3, 0.4) is 0 Å². The number of imidazole rings is 1. The summed E-state index contributed by atoms with van der Waals surface area (Å²) in [6.45, 7) is 1.09. The Balaban J connectivity index is 1.79. The summed E-state index contributed by atoms with van der Waals surface area (Å²) in [7, 11) is -4.24. The number of hydrogen-bond acceptors (Lipinski definition) is 6. The summed E-state index contributed by atoms with van der Waals surface area (Å²) in [6.07, 6.45) is 1.08. The van der Waals surface area contributed by atoms with Crippen LogP contribution in [-0.4, -0.2) is 34.5 Å². The molecule has 2 heterocycles. The third-order valence-electron chi connectivity index (χ3n) is 4.76. The summed E-state index contributed by atoms with van der Waals surface area (Å²) < 4.78 is 52.3. The van der Waals surface area contributed by atoms with Gasteiger partial charge in [0.2, 0.25) is 10.0 Å². The van der Waals surface area contributed by atoms with Crippen molar-refractivity contribution in [3.63, 3.8) is 0 Å². The first-order valence-corrected chi connectivity index (χ1v) is 10.8. The summed E-state index contributed by atoms with van der Waals surface area (Å²) in [5, 5.41) is 6.53. The Morgan fingerprint density at radius 3 is 2.61 bits per heavy atom. The number of fused-ring (bicyclic) bond motifs is 1. The Labute approximate surface area is 176 Å². The van der Waals surface area contributed by atoms with E-state index in [2.05, 4.69) is 25.3 Å². The average Bonchev–Trinajstić information content (AvgIpc) is 3.18. The molecular formula is C20H18F2N6O2S. The lowest BCUT2D eigenvalue weighted by molar-refractivity contribution is 0.345. The van der Waals surface area contributed by atoms with E-state index >= 15 is 0 Å². The van der Waals surface area contributed by atoms with Crippen LogP contribution in [-0.2, 0) is 10.0 Å². The minimum Gasteiger partial charge on any atom is -0.353 e. The molecule has 0 spiro atoms. The molecule has 11 heteroatoms. The van der Waals surface area contributed by atoms with Gasteiger partial charge < -0.3 is 10.3 Å². The number of para-hydroxylation sites is 1. The number of H-pyrrole nitrogens is 1. The second-order valence-corrected chi connectivity index (χ2v) is 8.61. The number of halogens is 2. The minimum atomic E-state index is -4.24. The van der Waals surface area contributed by atoms with Gasteiger partial charge in [-0.05, 0) is 30.7 Å². The van der Waals surface area contributed by atoms with Crippen molar-refractivity contribution >= 4 is 32.6 Å². The zero-order valence-electron chi connectivity index (χ0n) is 16.3. The number of primary sulfonamides is 1. The SMILES string of the molecule is CC(F)C(c1ccc(F)c(Nc2ccccc2-c2ncnc3nc[nH]c23)c1)S(N)(=O)=O. The van der Waals surface area contributed by atoms with Crippen molar-refractivity contribution < 1.29 is 17.2 Å². The first kappa shape index (κ1) is 20.8. The Bertz CT molecular complexity index is 1360. The van der Waals surface area contributed by atoms with Crippen LogP contribution in [0.2, 0.25) is 0 Å². The van der Waals surface area contributed by atoms with Gasteiger partial charge in [0.05, 0.1) is 12.0 Å². The molecule has 8 nitrogen and oxygen atoms in total. The molecule has 0 aliphatic carbocycles. The smallest absolute Gasteiger partial charge is 0.219 e. The van der Waals surface area contributed by atoms with E-state index in [1.54, 1.807) is 24.3 Å². The number of anilines is 2. The number of sulfonamides is 1. The summed E-state index contributed by atoms with van der Waals surface area (Å²) in [4.78, 5) is 15.5. The van der Waals surface area contributed by atoms with Gasteiger partial charge >= 0.3 is 0 Å². The monoisotopic (exact) mass is 444 g/mol. The lowest BCUT2D eigenvalue weighted by atomic mass is 10.1. The highest BCUT2D eigenvalue weighted by atomic mass is 32.2. The third kappa shape index (κ3) is 4.09. The van der Waals surface area contributed by atoms with Gasteiger partial charge in [-0.15, -0.1) is 0 Å². The Morgan fingerprint density at radius 2 is 1.87 bits per heavy atom. The highest BCUT2D eigenvalue weighted by Crippen LogP contribution is 2.34. The number of benzene rings is 2. The van der Waals surface area contributed by atoms with Gasteiger partial charge in [-0.1, -0.05) is 24.3 Å². The summed E-state index contributed by atoms with van der Waals surface area (Å²) >= 11 is 0. The molecule has 0 radical (unpaired) electrons. The third-order valence-corrected chi connectivity index (χ3v) is 6.12. The van der Waals surface area contributed by atoms with Crippen LogP contribution in [0.25, 0.3) is 22.4 Å². The fourth-order valence-corrected chi connectivity index (χ4v) is 4.49. The molecule has 4 rings (SSSR count). The van der Waals surface area contributed by atoms with Crippen LogP contribution in [0.5, 0.6) is 0 Å². The first-order valence-electron chi connectivity index (χ1n) is 9.21. The number of aromatic nitrogens is 4. The van der Waals surface area contributed by atoms with Gasteiger partial charge in [0, 0.05) is 11.3 Å². The molecule has 2 unspecified atom stereocenters. The largest absolute Gasteiger partial charge is 0.353 e. The van der Waals surface area contributed by atoms with Crippen LogP contribution < -0.4 is 10.5 Å². The van der Waals surface area contributed by atoms with Gasteiger partial charge in [-0.2, -0.15) is 0 Å². The maximum absolute atomic E-state index is 14.6. The normalized spacial score (nSPS) is 13.8. The van der Waals surface area contributed by atoms with E-state index in [9.17, 15) is 17.2 Å². The molecule has 0 aliphatic rings. The second-order valence-electron chi connectivity index (χ2n) is 6.92. The summed E-state index contributed by atoms with van der Waals surface area (Å²) in [5.74, 6) is -0.646. The van der Waals surface area contributed by atoms with Gasteiger partial charge in [-0.25, -0.2) is 37.3 Å². The summed E-state index contributed by atoms with van der Waals surface area (Å²) in [6, 6.07) is 10.5. The lowest BCUT2D eigenvalue weighted by Gasteiger charge is -2.19. The standard InChI is InChI=1S/C20H18F2N6O2S/c1-11(21)19(31(23,29)30)12-6-7-14(22)16(8-12)28-15-5-3-2-4-13(15)17-18-20(26-9-24-17)27-10-25-18/h2-11,19,28H,1H3,(H2,23,29,30)(H,24,25,26,27). The van der Waals surface area contributed by atoms with Gasteiger partial charge in [0.15, 0.2) is 5.65 Å². The van der Waals surface area contributed by atoms with Crippen molar-refractivity contribution in [1.82, 2.24) is 19.9 Å². The van der Waals surface area contributed by atoms with E-state index in [1.165, 1.54) is 24.8 Å². The molecule has 4 N–H and O–H groups in total. The fraction of sp³-hybridized carbons (Fsp3) is 0.150. The maximum Gasteiger partial charge on any atom is 0.219 e. The molecule has 0 amide bonds. The first-order chi connectivity index (χ1) is 14.8. The van der Waals surface area contributed by atoms with Crippen molar-refractivity contribution in [3.05, 3.63) is 66.5 Å². The molecule has 2 aromatic heterocycles. The lowest BCUT2D eigenvalue weighted by Crippen LogP contribution is -2.27. The van der Waals surface area contributed by atoms with Crippen molar-refractivity contribution in [2.24, 2.45) is 5.14 Å². The predicted molar refractivity (Wildman–Crippen MR) is 113 cm³/mol. The maximum atomic E-state index is 14.6. The molecule has 0 fully saturated rings. The van der Waals surface area contributed by atoms with E-state index < -0.39 is 27.3 Å². The molecule has 0 aliphatic heterocycles. The minimum absolute atomic E-state index is 0.0332. The van der Waals surface area contributed by atoms with Crippen molar-refractivity contribution in [2.75, 3.05) is 5.32 Å². The molecule has 160 valence electrons. The average molecular weight is 444 g/mol. The highest BCUT2D eigenvalue weighted by molar-refractivity contribution is 7.89. The van der Waals surface area contributed by atoms with Crippen LogP contribution in [0.15, 0.2) is 55.1 Å². The zero-order chi connectivity index (χ0) is 22.2. The van der Waals surface area contributed by atoms with Crippen molar-refractivity contribution in [1.29, 1.82) is 0 Å². The Kier molecular flexibility index (Phi) is 5.38. The number of hydrogen-bond donors (Lipinski definition) is 3. The van der Waals surface area contributed by atoms with E-state index in [0.717, 1.165) is 13.0 Å². The Morgan fingerprint density at radius 1 is 1.10 bits per heavy atom. The highest BCUT2D eigenvalue weighted by Gasteiger charge is 2.30. The molecule has 0 bridgehead atoms. The van der Waals surface area contributed by atoms with Crippen molar-refractivity contribution in [3.8, 4) is 11.3 Å². The molecule has 4 aromatic rings. The van der Waals surface area contributed by atoms with E-state index in [-0.39, 0.29) is 11.3 Å². The number of nitrogens with two attached hydrogens (primary N) is 1. The zero-order valence-corrected chi connectivity index (χ0v) is 17.1. The quantitative estimate of drug-likeness (QED) is 0.417.